The van der Waals surface area contributed by atoms with Gasteiger partial charge < -0.3 is 40.2 Å². The maximum absolute atomic E-state index is 12.4. The van der Waals surface area contributed by atoms with Crippen molar-refractivity contribution in [2.45, 2.75) is 45.4 Å². The van der Waals surface area contributed by atoms with Gasteiger partial charge in [0.05, 0.1) is 52.9 Å². The highest BCUT2D eigenvalue weighted by atomic mass is 17.1. The van der Waals surface area contributed by atoms with E-state index in [4.69, 9.17) is 24.2 Å². The molecular formula is C31H45N5O12. The van der Waals surface area contributed by atoms with Crippen molar-refractivity contribution in [3.63, 3.8) is 0 Å². The molecular weight excluding hydrogens is 634 g/mol. The topological polar surface area (TPSA) is 220 Å². The van der Waals surface area contributed by atoms with Gasteiger partial charge in [-0.05, 0) is 31.5 Å². The average molecular weight is 680 g/mol. The molecule has 2 atom stereocenters. The lowest BCUT2D eigenvalue weighted by atomic mass is 10.2. The Kier molecular flexibility index (Phi) is 19.2. The Labute approximate surface area is 278 Å². The van der Waals surface area contributed by atoms with Crippen LogP contribution in [-0.2, 0) is 59.2 Å². The van der Waals surface area contributed by atoms with Gasteiger partial charge in [0.25, 0.3) is 11.8 Å². The molecule has 0 saturated heterocycles. The van der Waals surface area contributed by atoms with E-state index in [2.05, 4.69) is 26.2 Å². The second-order valence-electron chi connectivity index (χ2n) is 10.4. The first-order chi connectivity index (χ1) is 23.1. The molecule has 1 heterocycles. The molecule has 1 aromatic rings. The van der Waals surface area contributed by atoms with Gasteiger partial charge in [0, 0.05) is 43.8 Å². The van der Waals surface area contributed by atoms with Crippen LogP contribution in [0, 0.1) is 0 Å². The van der Waals surface area contributed by atoms with Crippen LogP contribution < -0.4 is 21.3 Å². The number of hydrogen-bond acceptors (Lipinski definition) is 12. The number of imide groups is 1. The Balaban J connectivity index is 1.38. The van der Waals surface area contributed by atoms with Crippen LogP contribution in [0.15, 0.2) is 36.4 Å². The monoisotopic (exact) mass is 679 g/mol. The molecule has 6 amide bonds. The number of nitrogens with one attached hydrogen (secondary N) is 4. The first-order valence-electron chi connectivity index (χ1n) is 15.5. The quantitative estimate of drug-likeness (QED) is 0.0383. The molecule has 1 aliphatic heterocycles. The van der Waals surface area contributed by atoms with Crippen molar-refractivity contribution in [3.05, 3.63) is 42.0 Å². The fourth-order valence-electron chi connectivity index (χ4n) is 3.94. The molecule has 0 spiro atoms. The van der Waals surface area contributed by atoms with Crippen molar-refractivity contribution in [1.82, 2.24) is 20.9 Å². The Morgan fingerprint density at radius 1 is 0.708 bits per heavy atom. The summed E-state index contributed by atoms with van der Waals surface area (Å²) in [5.41, 5.74) is 1.22. The Morgan fingerprint density at radius 3 is 1.83 bits per heavy atom. The lowest BCUT2D eigenvalue weighted by Crippen LogP contribution is -2.50. The number of rotatable bonds is 25. The summed E-state index contributed by atoms with van der Waals surface area (Å²) >= 11 is 0. The molecule has 0 aliphatic carbocycles. The van der Waals surface area contributed by atoms with E-state index in [0.717, 1.165) is 4.90 Å². The Morgan fingerprint density at radius 2 is 1.25 bits per heavy atom. The van der Waals surface area contributed by atoms with Crippen LogP contribution in [0.3, 0.4) is 0 Å². The highest BCUT2D eigenvalue weighted by Crippen LogP contribution is 2.10. The number of hydrogen-bond donors (Lipinski definition) is 5. The molecule has 2 rings (SSSR count). The highest BCUT2D eigenvalue weighted by molar-refractivity contribution is 6.13. The number of nitrogens with zero attached hydrogens (tertiary/aromatic N) is 1. The molecule has 0 saturated carbocycles. The van der Waals surface area contributed by atoms with E-state index in [-0.39, 0.29) is 57.6 Å². The van der Waals surface area contributed by atoms with Gasteiger partial charge in [-0.3, -0.25) is 38.9 Å². The van der Waals surface area contributed by atoms with Gasteiger partial charge >= 0.3 is 0 Å². The summed E-state index contributed by atoms with van der Waals surface area (Å²) in [5, 5.41) is 18.9. The number of amides is 6. The van der Waals surface area contributed by atoms with Gasteiger partial charge in [0.2, 0.25) is 23.6 Å². The van der Waals surface area contributed by atoms with E-state index >= 15 is 0 Å². The second kappa shape index (κ2) is 23.1. The molecule has 0 radical (unpaired) electrons. The van der Waals surface area contributed by atoms with Crippen LogP contribution in [0.1, 0.15) is 32.3 Å². The molecule has 1 aromatic carbocycles. The zero-order valence-electron chi connectivity index (χ0n) is 27.2. The van der Waals surface area contributed by atoms with Crippen LogP contribution in [-0.4, -0.2) is 124 Å². The van der Waals surface area contributed by atoms with Crippen molar-refractivity contribution < 1.29 is 57.9 Å². The summed E-state index contributed by atoms with van der Waals surface area (Å²) in [7, 11) is 0. The maximum Gasteiger partial charge on any atom is 0.253 e. The van der Waals surface area contributed by atoms with E-state index in [0.29, 0.717) is 50.8 Å². The number of carbonyl (C=O) groups excluding carboxylic acids is 6. The van der Waals surface area contributed by atoms with Crippen LogP contribution in [0.4, 0.5) is 5.69 Å². The zero-order chi connectivity index (χ0) is 35.1. The molecule has 5 N–H and O–H groups in total. The SMILES string of the molecule is CC(NC(=O)CCOCCOCCOCCOCCNC(=O)CCN1C(=O)C=CC1=O)C(=O)NC(C)C(=O)Nc1ccc(COO)cc1. The lowest BCUT2D eigenvalue weighted by Gasteiger charge is -2.18. The highest BCUT2D eigenvalue weighted by Gasteiger charge is 2.23. The summed E-state index contributed by atoms with van der Waals surface area (Å²) in [6.45, 7) is 5.73. The molecule has 17 heteroatoms. The minimum atomic E-state index is -0.865. The third-order valence-electron chi connectivity index (χ3n) is 6.60. The molecule has 48 heavy (non-hydrogen) atoms. The maximum atomic E-state index is 12.4. The van der Waals surface area contributed by atoms with Crippen molar-refractivity contribution in [1.29, 1.82) is 0 Å². The molecule has 0 bridgehead atoms. The van der Waals surface area contributed by atoms with Gasteiger partial charge in [0.1, 0.15) is 18.7 Å². The van der Waals surface area contributed by atoms with Crippen molar-refractivity contribution in [2.75, 3.05) is 71.3 Å². The number of carbonyl (C=O) groups is 6. The zero-order valence-corrected chi connectivity index (χ0v) is 27.2. The molecule has 0 aromatic heterocycles. The van der Waals surface area contributed by atoms with Gasteiger partial charge in [-0.25, -0.2) is 4.89 Å². The number of benzene rings is 1. The van der Waals surface area contributed by atoms with Crippen molar-refractivity contribution in [2.24, 2.45) is 0 Å². The van der Waals surface area contributed by atoms with Crippen molar-refractivity contribution in [3.8, 4) is 0 Å². The molecule has 2 unspecified atom stereocenters. The summed E-state index contributed by atoms with van der Waals surface area (Å²) in [5.74, 6) is -2.46. The van der Waals surface area contributed by atoms with Crippen molar-refractivity contribution >= 4 is 41.1 Å². The first kappa shape index (κ1) is 39.9. The van der Waals surface area contributed by atoms with Crippen LogP contribution in [0.5, 0.6) is 0 Å². The third kappa shape index (κ3) is 16.5. The van der Waals surface area contributed by atoms with Gasteiger partial charge in [-0.1, -0.05) is 12.1 Å². The predicted molar refractivity (Wildman–Crippen MR) is 169 cm³/mol. The van der Waals surface area contributed by atoms with Crippen LogP contribution in [0.25, 0.3) is 0 Å². The number of ether oxygens (including phenoxy) is 4. The second-order valence-corrected chi connectivity index (χ2v) is 10.4. The van der Waals surface area contributed by atoms with Gasteiger partial charge in [0.15, 0.2) is 0 Å². The predicted octanol–water partition coefficient (Wildman–Crippen LogP) is -0.488. The van der Waals surface area contributed by atoms with Gasteiger partial charge in [-0.15, -0.1) is 0 Å². The summed E-state index contributed by atoms with van der Waals surface area (Å²) in [6, 6.07) is 4.89. The van der Waals surface area contributed by atoms with E-state index in [1.807, 2.05) is 0 Å². The normalized spacial score (nSPS) is 13.7. The fraction of sp³-hybridized carbons (Fsp3) is 0.548. The summed E-state index contributed by atoms with van der Waals surface area (Å²) in [4.78, 5) is 76.7. The third-order valence-corrected chi connectivity index (χ3v) is 6.60. The standard InChI is InChI=1S/C31H45N5O12/c1-22(30(41)34-23(2)31(42)35-25-5-3-24(4-6-25)21-48-43)33-27(38)10-13-44-15-17-46-19-20-47-18-16-45-14-11-32-26(37)9-12-36-28(39)7-8-29(36)40/h3-8,22-23,43H,9-21H2,1-2H3,(H,32,37)(H,33,38)(H,34,41)(H,35,42). The average Bonchev–Trinajstić information content (AvgIpc) is 3.38. The molecule has 266 valence electrons. The van der Waals surface area contributed by atoms with E-state index < -0.39 is 35.7 Å². The molecule has 17 nitrogen and oxygen atoms in total. The van der Waals surface area contributed by atoms with E-state index in [1.165, 1.54) is 26.0 Å². The summed E-state index contributed by atoms with van der Waals surface area (Å²) < 4.78 is 21.6. The minimum absolute atomic E-state index is 0.0204. The minimum Gasteiger partial charge on any atom is -0.379 e. The Bertz CT molecular complexity index is 1210. The van der Waals surface area contributed by atoms with E-state index in [1.54, 1.807) is 24.3 Å². The van der Waals surface area contributed by atoms with Gasteiger partial charge in [-0.2, -0.15) is 0 Å². The largest absolute Gasteiger partial charge is 0.379 e. The van der Waals surface area contributed by atoms with Crippen LogP contribution in [0.2, 0.25) is 0 Å². The first-order valence-corrected chi connectivity index (χ1v) is 15.5. The van der Waals surface area contributed by atoms with E-state index in [9.17, 15) is 28.8 Å². The number of anilines is 1. The Hall–Kier alpha value is -4.26. The smallest absolute Gasteiger partial charge is 0.253 e. The molecule has 0 fully saturated rings. The summed E-state index contributed by atoms with van der Waals surface area (Å²) in [6.07, 6.45) is 2.41. The fourth-order valence-corrected chi connectivity index (χ4v) is 3.94. The lowest BCUT2D eigenvalue weighted by molar-refractivity contribution is -0.253. The van der Waals surface area contributed by atoms with Crippen LogP contribution >= 0.6 is 0 Å². The molecule has 1 aliphatic rings.